The van der Waals surface area contributed by atoms with E-state index in [9.17, 15) is 9.90 Å². The van der Waals surface area contributed by atoms with Crippen LogP contribution in [-0.4, -0.2) is 52.2 Å². The number of amides is 1. The molecule has 1 amide bonds. The highest BCUT2D eigenvalue weighted by atomic mass is 35.5. The minimum Gasteiger partial charge on any atom is -0.356 e. The number of hydrogen-bond acceptors (Lipinski definition) is 5. The van der Waals surface area contributed by atoms with Gasteiger partial charge < -0.3 is 10.0 Å². The zero-order chi connectivity index (χ0) is 21.3. The molecule has 7 heteroatoms. The Morgan fingerprint density at radius 1 is 1.17 bits per heavy atom. The van der Waals surface area contributed by atoms with Gasteiger partial charge in [-0.2, -0.15) is 5.26 Å². The average molecular weight is 423 g/mol. The van der Waals surface area contributed by atoms with Crippen molar-refractivity contribution in [2.24, 2.45) is 0 Å². The molecule has 2 aliphatic heterocycles. The normalized spacial score (nSPS) is 19.7. The van der Waals surface area contributed by atoms with Gasteiger partial charge in [0.15, 0.2) is 0 Å². The Morgan fingerprint density at radius 3 is 2.67 bits per heavy atom. The van der Waals surface area contributed by atoms with Crippen LogP contribution in [0.4, 0.5) is 0 Å². The molecule has 1 atom stereocenters. The molecule has 0 saturated heterocycles. The molecule has 0 bridgehead atoms. The van der Waals surface area contributed by atoms with Crippen LogP contribution in [0.2, 0.25) is 5.02 Å². The zero-order valence-corrected chi connectivity index (χ0v) is 17.5. The quantitative estimate of drug-likeness (QED) is 0.820. The lowest BCUT2D eigenvalue weighted by Gasteiger charge is -2.45. The Hall–Kier alpha value is -2.85. The van der Waals surface area contributed by atoms with Gasteiger partial charge in [-0.3, -0.25) is 14.6 Å². The molecule has 30 heavy (non-hydrogen) atoms. The summed E-state index contributed by atoms with van der Waals surface area (Å²) in [5, 5.41) is 20.5. The van der Waals surface area contributed by atoms with Crippen LogP contribution < -0.4 is 0 Å². The van der Waals surface area contributed by atoms with Crippen LogP contribution >= 0.6 is 11.6 Å². The molecule has 4 rings (SSSR count). The second-order valence-corrected chi connectivity index (χ2v) is 8.15. The van der Waals surface area contributed by atoms with Gasteiger partial charge in [-0.15, -0.1) is 0 Å². The third kappa shape index (κ3) is 4.05. The number of rotatable bonds is 4. The molecule has 0 aromatic heterocycles. The molecule has 0 fully saturated rings. The molecular formula is C23H23ClN4O2. The lowest BCUT2D eigenvalue weighted by Crippen LogP contribution is -2.56. The first-order valence-corrected chi connectivity index (χ1v) is 10.2. The van der Waals surface area contributed by atoms with E-state index in [-0.39, 0.29) is 5.91 Å². The van der Waals surface area contributed by atoms with Crippen LogP contribution in [0.15, 0.2) is 59.8 Å². The fraction of sp³-hybridized carbons (Fsp3) is 0.304. The number of halogens is 1. The second kappa shape index (κ2) is 8.49. The van der Waals surface area contributed by atoms with Gasteiger partial charge in [0.05, 0.1) is 23.8 Å². The molecule has 0 aliphatic carbocycles. The van der Waals surface area contributed by atoms with E-state index >= 15 is 0 Å². The first kappa shape index (κ1) is 20.4. The van der Waals surface area contributed by atoms with Gasteiger partial charge in [0.1, 0.15) is 0 Å². The fourth-order valence-electron chi connectivity index (χ4n) is 4.09. The monoisotopic (exact) mass is 422 g/mol. The molecule has 1 N–H and O–H groups in total. The molecule has 0 radical (unpaired) electrons. The van der Waals surface area contributed by atoms with Crippen molar-refractivity contribution in [1.29, 1.82) is 5.26 Å². The molecule has 0 saturated carbocycles. The van der Waals surface area contributed by atoms with E-state index in [4.69, 9.17) is 16.9 Å². The summed E-state index contributed by atoms with van der Waals surface area (Å²) >= 11 is 5.96. The highest BCUT2D eigenvalue weighted by Gasteiger charge is 2.38. The Kier molecular flexibility index (Phi) is 5.78. The molecule has 1 unspecified atom stereocenters. The van der Waals surface area contributed by atoms with Crippen LogP contribution in [0.3, 0.4) is 0 Å². The highest BCUT2D eigenvalue weighted by molar-refractivity contribution is 6.30. The van der Waals surface area contributed by atoms with Crippen LogP contribution in [0.25, 0.3) is 0 Å². The van der Waals surface area contributed by atoms with Crippen LogP contribution in [-0.2, 0) is 17.9 Å². The molecule has 2 aromatic rings. The van der Waals surface area contributed by atoms with E-state index in [1.165, 1.54) is 4.90 Å². The van der Waals surface area contributed by atoms with Crippen LogP contribution in [0.5, 0.6) is 0 Å². The van der Waals surface area contributed by atoms with Crippen molar-refractivity contribution in [2.75, 3.05) is 20.1 Å². The maximum Gasteiger partial charge on any atom is 0.256 e. The summed E-state index contributed by atoms with van der Waals surface area (Å²) in [6.45, 7) is 2.28. The Morgan fingerprint density at radius 2 is 1.93 bits per heavy atom. The van der Waals surface area contributed by atoms with Crippen molar-refractivity contribution < 1.29 is 9.90 Å². The summed E-state index contributed by atoms with van der Waals surface area (Å²) in [7, 11) is 1.83. The van der Waals surface area contributed by atoms with E-state index in [2.05, 4.69) is 11.0 Å². The molecule has 2 aliphatic rings. The lowest BCUT2D eigenvalue weighted by atomic mass is 10.00. The number of aliphatic hydroxyl groups is 1. The predicted molar refractivity (Wildman–Crippen MR) is 114 cm³/mol. The van der Waals surface area contributed by atoms with Gasteiger partial charge in [-0.25, -0.2) is 0 Å². The molecule has 154 valence electrons. The van der Waals surface area contributed by atoms with Gasteiger partial charge in [0.25, 0.3) is 5.91 Å². The van der Waals surface area contributed by atoms with Crippen LogP contribution in [0.1, 0.15) is 23.1 Å². The summed E-state index contributed by atoms with van der Waals surface area (Å²) in [5.74, 6) is -0.138. The van der Waals surface area contributed by atoms with Gasteiger partial charge in [0, 0.05) is 43.8 Å². The van der Waals surface area contributed by atoms with Gasteiger partial charge in [-0.1, -0.05) is 35.9 Å². The third-order valence-electron chi connectivity index (χ3n) is 5.69. The third-order valence-corrected chi connectivity index (χ3v) is 5.95. The molecule has 2 aromatic carbocycles. The maximum atomic E-state index is 13.3. The van der Waals surface area contributed by atoms with E-state index < -0.39 is 6.35 Å². The number of carbonyl (C=O) groups excluding carboxylic acids is 1. The first-order chi connectivity index (χ1) is 14.5. The van der Waals surface area contributed by atoms with Gasteiger partial charge >= 0.3 is 0 Å². The number of benzene rings is 2. The van der Waals surface area contributed by atoms with Crippen molar-refractivity contribution >= 4 is 17.5 Å². The van der Waals surface area contributed by atoms with E-state index in [0.717, 1.165) is 28.9 Å². The van der Waals surface area contributed by atoms with Crippen molar-refractivity contribution in [2.45, 2.75) is 25.9 Å². The van der Waals surface area contributed by atoms with Gasteiger partial charge in [0.2, 0.25) is 6.35 Å². The van der Waals surface area contributed by atoms with E-state index in [1.54, 1.807) is 23.1 Å². The van der Waals surface area contributed by atoms with E-state index in [1.807, 2.05) is 37.4 Å². The number of nitrogens with zero attached hydrogens (tertiary/aromatic N) is 4. The summed E-state index contributed by atoms with van der Waals surface area (Å²) < 4.78 is 0. The number of carbonyl (C=O) groups is 1. The second-order valence-electron chi connectivity index (χ2n) is 7.71. The SMILES string of the molecule is CN1C2=C(CN(Cc3cccc(C#N)c3)CC2)C(=O)N(Cc2ccc(Cl)cc2)C1O. The highest BCUT2D eigenvalue weighted by Crippen LogP contribution is 2.31. The van der Waals surface area contributed by atoms with Crippen molar-refractivity contribution in [3.05, 3.63) is 81.5 Å². The zero-order valence-electron chi connectivity index (χ0n) is 16.8. The molecular weight excluding hydrogens is 400 g/mol. The summed E-state index contributed by atoms with van der Waals surface area (Å²) in [6.07, 6.45) is -0.299. The average Bonchev–Trinajstić information content (AvgIpc) is 2.76. The summed E-state index contributed by atoms with van der Waals surface area (Å²) in [5.41, 5.74) is 4.22. The topological polar surface area (TPSA) is 70.8 Å². The maximum absolute atomic E-state index is 13.3. The molecule has 0 spiro atoms. The number of nitriles is 1. The number of hydrogen-bond donors (Lipinski definition) is 1. The Balaban J connectivity index is 1.53. The van der Waals surface area contributed by atoms with Gasteiger partial charge in [-0.05, 0) is 35.4 Å². The predicted octanol–water partition coefficient (Wildman–Crippen LogP) is 2.92. The Labute approximate surface area is 181 Å². The first-order valence-electron chi connectivity index (χ1n) is 9.86. The van der Waals surface area contributed by atoms with Crippen molar-refractivity contribution in [1.82, 2.24) is 14.7 Å². The standard InChI is InChI=1S/C23H23ClN4O2/c1-26-21-9-10-27(13-18-4-2-3-17(11-18)12-25)15-20(21)22(29)28(23(26)30)14-16-5-7-19(24)8-6-16/h2-8,11,23,30H,9-10,13-15H2,1H3. The lowest BCUT2D eigenvalue weighted by molar-refractivity contribution is -0.157. The number of aliphatic hydroxyl groups excluding tert-OH is 1. The largest absolute Gasteiger partial charge is 0.356 e. The van der Waals surface area contributed by atoms with E-state index in [0.29, 0.717) is 36.6 Å². The fourth-order valence-corrected chi connectivity index (χ4v) is 4.21. The molecule has 6 nitrogen and oxygen atoms in total. The van der Waals surface area contributed by atoms with Crippen molar-refractivity contribution in [3.63, 3.8) is 0 Å². The molecule has 2 heterocycles. The smallest absolute Gasteiger partial charge is 0.256 e. The minimum absolute atomic E-state index is 0.138. The van der Waals surface area contributed by atoms with Crippen LogP contribution in [0, 0.1) is 11.3 Å². The van der Waals surface area contributed by atoms with Crippen molar-refractivity contribution in [3.8, 4) is 6.07 Å². The summed E-state index contributed by atoms with van der Waals surface area (Å²) in [6, 6.07) is 17.0. The Bertz CT molecular complexity index is 1030. The summed E-state index contributed by atoms with van der Waals surface area (Å²) in [4.78, 5) is 18.8. The minimum atomic E-state index is -0.995.